The smallest absolute Gasteiger partial charge is 0.228 e. The Kier molecular flexibility index (Phi) is 5.47. The molecule has 0 aliphatic carbocycles. The van der Waals surface area contributed by atoms with Crippen LogP contribution in [0.25, 0.3) is 10.7 Å². The molecule has 104 valence electrons. The van der Waals surface area contributed by atoms with Crippen LogP contribution in [0.15, 0.2) is 16.2 Å². The monoisotopic (exact) mass is 280 g/mol. The Morgan fingerprint density at radius 2 is 2.26 bits per heavy atom. The summed E-state index contributed by atoms with van der Waals surface area (Å²) in [5.74, 6) is 1.34. The van der Waals surface area contributed by atoms with Gasteiger partial charge < -0.3 is 9.84 Å². The van der Waals surface area contributed by atoms with Gasteiger partial charge in [-0.3, -0.25) is 4.98 Å². The van der Waals surface area contributed by atoms with Crippen LogP contribution in [0.1, 0.15) is 39.0 Å². The van der Waals surface area contributed by atoms with Gasteiger partial charge in [-0.2, -0.15) is 4.98 Å². The van der Waals surface area contributed by atoms with Gasteiger partial charge in [0.2, 0.25) is 11.7 Å². The molecule has 0 saturated carbocycles. The summed E-state index contributed by atoms with van der Waals surface area (Å²) < 4.78 is 5.32. The number of aromatic nitrogens is 3. The molecule has 0 bridgehead atoms. The Morgan fingerprint density at radius 3 is 2.95 bits per heavy atom. The maximum Gasteiger partial charge on any atom is 0.228 e. The molecule has 0 amide bonds. The molecule has 2 rings (SSSR count). The first-order valence-corrected chi connectivity index (χ1v) is 7.66. The summed E-state index contributed by atoms with van der Waals surface area (Å²) in [6.07, 6.45) is 5.96. The van der Waals surface area contributed by atoms with Crippen LogP contribution < -0.4 is 5.32 Å². The van der Waals surface area contributed by atoms with Gasteiger partial charge in [-0.15, -0.1) is 11.3 Å². The van der Waals surface area contributed by atoms with Crippen molar-refractivity contribution in [2.45, 2.75) is 45.6 Å². The minimum absolute atomic E-state index is 0.416. The summed E-state index contributed by atoms with van der Waals surface area (Å²) in [7, 11) is 0. The highest BCUT2D eigenvalue weighted by molar-refractivity contribution is 7.13. The SMILES string of the molecule is CCCNC(CCC)Cc1nc(-c2cncs2)no1. The third-order valence-corrected chi connectivity index (χ3v) is 3.63. The third-order valence-electron chi connectivity index (χ3n) is 2.86. The Hall–Kier alpha value is -1.27. The van der Waals surface area contributed by atoms with Crippen molar-refractivity contribution in [1.29, 1.82) is 0 Å². The van der Waals surface area contributed by atoms with Crippen LogP contribution in [-0.4, -0.2) is 27.7 Å². The fourth-order valence-corrected chi connectivity index (χ4v) is 2.49. The van der Waals surface area contributed by atoms with E-state index in [0.717, 1.165) is 37.1 Å². The number of hydrogen-bond donors (Lipinski definition) is 1. The second-order valence-corrected chi connectivity index (χ2v) is 5.41. The number of nitrogens with one attached hydrogen (secondary N) is 1. The van der Waals surface area contributed by atoms with Gasteiger partial charge >= 0.3 is 0 Å². The predicted molar refractivity (Wildman–Crippen MR) is 76.1 cm³/mol. The maximum absolute atomic E-state index is 5.32. The van der Waals surface area contributed by atoms with Crippen molar-refractivity contribution in [3.8, 4) is 10.7 Å². The number of nitrogens with zero attached hydrogens (tertiary/aromatic N) is 3. The predicted octanol–water partition coefficient (Wildman–Crippen LogP) is 2.90. The molecule has 2 aromatic rings. The minimum atomic E-state index is 0.416. The lowest BCUT2D eigenvalue weighted by atomic mass is 10.1. The van der Waals surface area contributed by atoms with E-state index in [1.54, 1.807) is 11.7 Å². The maximum atomic E-state index is 5.32. The lowest BCUT2D eigenvalue weighted by molar-refractivity contribution is 0.350. The first-order valence-electron chi connectivity index (χ1n) is 6.78. The molecule has 0 aromatic carbocycles. The number of hydrogen-bond acceptors (Lipinski definition) is 6. The van der Waals surface area contributed by atoms with Crippen molar-refractivity contribution in [2.24, 2.45) is 0 Å². The number of thiazole rings is 1. The molecule has 1 N–H and O–H groups in total. The quantitative estimate of drug-likeness (QED) is 0.805. The van der Waals surface area contributed by atoms with Gasteiger partial charge in [0.05, 0.1) is 10.4 Å². The molecule has 0 spiro atoms. The van der Waals surface area contributed by atoms with E-state index >= 15 is 0 Å². The van der Waals surface area contributed by atoms with Crippen LogP contribution >= 0.6 is 11.3 Å². The topological polar surface area (TPSA) is 63.8 Å². The van der Waals surface area contributed by atoms with E-state index in [2.05, 4.69) is 34.3 Å². The van der Waals surface area contributed by atoms with E-state index in [0.29, 0.717) is 17.8 Å². The normalized spacial score (nSPS) is 12.7. The second kappa shape index (κ2) is 7.35. The zero-order chi connectivity index (χ0) is 13.5. The van der Waals surface area contributed by atoms with Crippen LogP contribution in [0.4, 0.5) is 0 Å². The van der Waals surface area contributed by atoms with Crippen LogP contribution in [0.3, 0.4) is 0 Å². The van der Waals surface area contributed by atoms with Crippen molar-refractivity contribution in [1.82, 2.24) is 20.4 Å². The highest BCUT2D eigenvalue weighted by Crippen LogP contribution is 2.20. The molecular formula is C13H20N4OS. The highest BCUT2D eigenvalue weighted by atomic mass is 32.1. The summed E-state index contributed by atoms with van der Waals surface area (Å²) in [4.78, 5) is 9.41. The summed E-state index contributed by atoms with van der Waals surface area (Å²) >= 11 is 1.52. The molecule has 0 fully saturated rings. The highest BCUT2D eigenvalue weighted by Gasteiger charge is 2.14. The van der Waals surface area contributed by atoms with Gasteiger partial charge in [-0.1, -0.05) is 25.4 Å². The first-order chi connectivity index (χ1) is 9.33. The molecule has 1 atom stereocenters. The van der Waals surface area contributed by atoms with E-state index in [1.165, 1.54) is 11.3 Å². The Bertz CT molecular complexity index is 469. The van der Waals surface area contributed by atoms with Crippen molar-refractivity contribution in [3.63, 3.8) is 0 Å². The molecule has 5 nitrogen and oxygen atoms in total. The molecule has 2 aromatic heterocycles. The Balaban J connectivity index is 1.97. The second-order valence-electron chi connectivity index (χ2n) is 4.52. The molecule has 0 radical (unpaired) electrons. The van der Waals surface area contributed by atoms with Gasteiger partial charge in [0.1, 0.15) is 0 Å². The molecule has 0 aliphatic heterocycles. The van der Waals surface area contributed by atoms with E-state index in [9.17, 15) is 0 Å². The number of rotatable bonds is 8. The van der Waals surface area contributed by atoms with Crippen LogP contribution in [0.5, 0.6) is 0 Å². The zero-order valence-corrected chi connectivity index (χ0v) is 12.2. The van der Waals surface area contributed by atoms with Crippen LogP contribution in [-0.2, 0) is 6.42 Å². The third kappa shape index (κ3) is 4.11. The van der Waals surface area contributed by atoms with Crippen molar-refractivity contribution in [3.05, 3.63) is 17.6 Å². The molecule has 19 heavy (non-hydrogen) atoms. The molecule has 1 unspecified atom stereocenters. The molecular weight excluding hydrogens is 260 g/mol. The van der Waals surface area contributed by atoms with Gasteiger partial charge in [0.15, 0.2) is 0 Å². The van der Waals surface area contributed by atoms with Crippen molar-refractivity contribution in [2.75, 3.05) is 6.54 Å². The first kappa shape index (κ1) is 14.1. The lowest BCUT2D eigenvalue weighted by Gasteiger charge is -2.15. The van der Waals surface area contributed by atoms with Gasteiger partial charge in [0.25, 0.3) is 0 Å². The fraction of sp³-hybridized carbons (Fsp3) is 0.615. The van der Waals surface area contributed by atoms with E-state index in [-0.39, 0.29) is 0 Å². The average Bonchev–Trinajstić information content (AvgIpc) is 3.06. The van der Waals surface area contributed by atoms with Crippen molar-refractivity contribution < 1.29 is 4.52 Å². The largest absolute Gasteiger partial charge is 0.339 e. The summed E-state index contributed by atoms with van der Waals surface area (Å²) in [5, 5.41) is 7.53. The fourth-order valence-electron chi connectivity index (χ4n) is 1.95. The molecule has 2 heterocycles. The molecule has 0 saturated heterocycles. The summed E-state index contributed by atoms with van der Waals surface area (Å²) in [6, 6.07) is 0.416. The summed E-state index contributed by atoms with van der Waals surface area (Å²) in [5.41, 5.74) is 1.77. The van der Waals surface area contributed by atoms with Gasteiger partial charge in [-0.05, 0) is 19.4 Å². The minimum Gasteiger partial charge on any atom is -0.339 e. The molecule has 0 aliphatic rings. The van der Waals surface area contributed by atoms with E-state index < -0.39 is 0 Å². The van der Waals surface area contributed by atoms with Crippen LogP contribution in [0.2, 0.25) is 0 Å². The van der Waals surface area contributed by atoms with E-state index in [4.69, 9.17) is 4.52 Å². The van der Waals surface area contributed by atoms with Gasteiger partial charge in [0, 0.05) is 18.7 Å². The lowest BCUT2D eigenvalue weighted by Crippen LogP contribution is -2.31. The van der Waals surface area contributed by atoms with Crippen molar-refractivity contribution >= 4 is 11.3 Å². The van der Waals surface area contributed by atoms with E-state index in [1.807, 2.05) is 0 Å². The average molecular weight is 280 g/mol. The van der Waals surface area contributed by atoms with Gasteiger partial charge in [-0.25, -0.2) is 0 Å². The Morgan fingerprint density at radius 1 is 1.37 bits per heavy atom. The molecule has 6 heteroatoms. The Labute approximate surface area is 117 Å². The summed E-state index contributed by atoms with van der Waals surface area (Å²) in [6.45, 7) is 5.39. The zero-order valence-electron chi connectivity index (χ0n) is 11.4. The standard InChI is InChI=1S/C13H20N4OS/c1-3-5-10(15-6-4-2)7-12-16-13(17-18-12)11-8-14-9-19-11/h8-10,15H,3-7H2,1-2H3. The van der Waals surface area contributed by atoms with Crippen LogP contribution in [0, 0.1) is 0 Å².